The van der Waals surface area contributed by atoms with Crippen molar-refractivity contribution in [3.8, 4) is 0 Å². The molecule has 1 aromatic heterocycles. The largest absolute Gasteiger partial charge is 0.398 e. The lowest BCUT2D eigenvalue weighted by atomic mass is 9.95. The van der Waals surface area contributed by atoms with Gasteiger partial charge in [0, 0.05) is 47.2 Å². The molecule has 2 atom stereocenters. The SMILES string of the molecule is C1CCNCC1.C=C1CC(NC(=O)c2ccc(C(N)=O)c(N)c2)CC(C)N1c1ccc(C(C)=O)cn1. The number of primary amides is 1. The van der Waals surface area contributed by atoms with Crippen molar-refractivity contribution in [3.05, 3.63) is 65.5 Å². The van der Waals surface area contributed by atoms with Crippen molar-refractivity contribution in [2.24, 2.45) is 5.73 Å². The van der Waals surface area contributed by atoms with Crippen molar-refractivity contribution in [1.29, 1.82) is 0 Å². The van der Waals surface area contributed by atoms with Gasteiger partial charge >= 0.3 is 0 Å². The highest BCUT2D eigenvalue weighted by Crippen LogP contribution is 2.30. The summed E-state index contributed by atoms with van der Waals surface area (Å²) in [5.74, 6) is -0.231. The molecule has 2 aliphatic rings. The molecule has 1 aromatic carbocycles. The predicted octanol–water partition coefficient (Wildman–Crippen LogP) is 3.03. The lowest BCUT2D eigenvalue weighted by molar-refractivity contribution is 0.0928. The summed E-state index contributed by atoms with van der Waals surface area (Å²) >= 11 is 0. The smallest absolute Gasteiger partial charge is 0.251 e. The fourth-order valence-electron chi connectivity index (χ4n) is 4.53. The van der Waals surface area contributed by atoms with Gasteiger partial charge in [-0.3, -0.25) is 14.4 Å². The molecule has 0 bridgehead atoms. The number of pyridine rings is 1. The highest BCUT2D eigenvalue weighted by Gasteiger charge is 2.30. The first-order valence-electron chi connectivity index (χ1n) is 12.3. The number of carbonyl (C=O) groups is 3. The summed E-state index contributed by atoms with van der Waals surface area (Å²) in [6.45, 7) is 10.2. The number of amides is 2. The van der Waals surface area contributed by atoms with E-state index in [1.807, 2.05) is 11.8 Å². The summed E-state index contributed by atoms with van der Waals surface area (Å²) < 4.78 is 0. The maximum absolute atomic E-state index is 12.6. The van der Waals surface area contributed by atoms with Gasteiger partial charge in [0.05, 0.1) is 5.56 Å². The molecule has 36 heavy (non-hydrogen) atoms. The zero-order valence-corrected chi connectivity index (χ0v) is 21.0. The van der Waals surface area contributed by atoms with Gasteiger partial charge in [0.1, 0.15) is 5.82 Å². The van der Waals surface area contributed by atoms with Crippen LogP contribution in [-0.2, 0) is 0 Å². The van der Waals surface area contributed by atoms with Gasteiger partial charge in [-0.05, 0) is 76.5 Å². The number of nitrogens with one attached hydrogen (secondary N) is 2. The first kappa shape index (κ1) is 26.9. The average molecular weight is 493 g/mol. The zero-order chi connectivity index (χ0) is 26.2. The molecule has 4 rings (SSSR count). The number of hydrogen-bond acceptors (Lipinski definition) is 7. The molecule has 2 saturated heterocycles. The molecule has 9 heteroatoms. The predicted molar refractivity (Wildman–Crippen MR) is 142 cm³/mol. The van der Waals surface area contributed by atoms with Gasteiger partial charge in [-0.25, -0.2) is 4.98 Å². The molecule has 2 amide bonds. The van der Waals surface area contributed by atoms with E-state index in [1.54, 1.807) is 18.3 Å². The molecule has 9 nitrogen and oxygen atoms in total. The summed E-state index contributed by atoms with van der Waals surface area (Å²) in [5, 5.41) is 6.29. The van der Waals surface area contributed by atoms with Crippen LogP contribution in [-0.4, -0.2) is 47.8 Å². The van der Waals surface area contributed by atoms with E-state index >= 15 is 0 Å². The van der Waals surface area contributed by atoms with Crippen molar-refractivity contribution < 1.29 is 14.4 Å². The number of piperidine rings is 2. The van der Waals surface area contributed by atoms with Crippen LogP contribution in [0.2, 0.25) is 0 Å². The number of nitrogens with two attached hydrogens (primary N) is 2. The van der Waals surface area contributed by atoms with Gasteiger partial charge in [0.15, 0.2) is 5.78 Å². The molecule has 2 fully saturated rings. The van der Waals surface area contributed by atoms with E-state index in [2.05, 4.69) is 22.2 Å². The quantitative estimate of drug-likeness (QED) is 0.371. The molecule has 0 spiro atoms. The number of benzene rings is 1. The lowest BCUT2D eigenvalue weighted by Crippen LogP contribution is -2.47. The highest BCUT2D eigenvalue weighted by atomic mass is 16.2. The number of carbonyl (C=O) groups excluding carboxylic acids is 3. The van der Waals surface area contributed by atoms with E-state index in [-0.39, 0.29) is 35.0 Å². The molecule has 2 unspecified atom stereocenters. The van der Waals surface area contributed by atoms with Crippen LogP contribution in [0.25, 0.3) is 0 Å². The van der Waals surface area contributed by atoms with E-state index in [4.69, 9.17) is 11.5 Å². The third-order valence-electron chi connectivity index (χ3n) is 6.41. The van der Waals surface area contributed by atoms with Crippen molar-refractivity contribution in [3.63, 3.8) is 0 Å². The summed E-state index contributed by atoms with van der Waals surface area (Å²) in [6.07, 6.45) is 7.02. The van der Waals surface area contributed by atoms with Crippen LogP contribution in [0.1, 0.15) is 77.0 Å². The van der Waals surface area contributed by atoms with Crippen LogP contribution in [0, 0.1) is 0 Å². The van der Waals surface area contributed by atoms with Crippen LogP contribution in [0.3, 0.4) is 0 Å². The lowest BCUT2D eigenvalue weighted by Gasteiger charge is -2.40. The van der Waals surface area contributed by atoms with E-state index in [0.717, 1.165) is 11.5 Å². The topological polar surface area (TPSA) is 143 Å². The maximum Gasteiger partial charge on any atom is 0.251 e. The molecule has 0 saturated carbocycles. The minimum atomic E-state index is -0.637. The zero-order valence-electron chi connectivity index (χ0n) is 21.0. The highest BCUT2D eigenvalue weighted by molar-refractivity contribution is 6.01. The Bertz CT molecular complexity index is 1100. The van der Waals surface area contributed by atoms with Gasteiger partial charge in [0.2, 0.25) is 0 Å². The number of aromatic nitrogens is 1. The second-order valence-electron chi connectivity index (χ2n) is 9.33. The first-order chi connectivity index (χ1) is 17.2. The number of nitrogens with zero attached hydrogens (tertiary/aromatic N) is 2. The van der Waals surface area contributed by atoms with Gasteiger partial charge in [-0.1, -0.05) is 13.0 Å². The van der Waals surface area contributed by atoms with Crippen molar-refractivity contribution in [2.75, 3.05) is 23.7 Å². The molecular formula is C27H36N6O3. The normalized spacial score (nSPS) is 19.6. The molecular weight excluding hydrogens is 456 g/mol. The number of nitrogen functional groups attached to an aromatic ring is 1. The Hall–Kier alpha value is -3.72. The Morgan fingerprint density at radius 1 is 1.11 bits per heavy atom. The fourth-order valence-corrected chi connectivity index (χ4v) is 4.53. The van der Waals surface area contributed by atoms with Gasteiger partial charge in [-0.2, -0.15) is 0 Å². The Kier molecular flexibility index (Phi) is 9.19. The van der Waals surface area contributed by atoms with Crippen LogP contribution in [0.4, 0.5) is 11.5 Å². The van der Waals surface area contributed by atoms with Gasteiger partial charge < -0.3 is 27.0 Å². The van der Waals surface area contributed by atoms with Crippen LogP contribution < -0.4 is 27.0 Å². The van der Waals surface area contributed by atoms with Crippen molar-refractivity contribution in [1.82, 2.24) is 15.6 Å². The molecule has 0 radical (unpaired) electrons. The first-order valence-corrected chi connectivity index (χ1v) is 12.3. The van der Waals surface area contributed by atoms with Crippen LogP contribution in [0.5, 0.6) is 0 Å². The molecule has 192 valence electrons. The second-order valence-corrected chi connectivity index (χ2v) is 9.33. The van der Waals surface area contributed by atoms with Crippen LogP contribution in [0.15, 0.2) is 48.8 Å². The molecule has 3 heterocycles. The van der Waals surface area contributed by atoms with Gasteiger partial charge in [-0.15, -0.1) is 0 Å². The van der Waals surface area contributed by atoms with Crippen molar-refractivity contribution in [2.45, 2.75) is 58.0 Å². The minimum absolute atomic E-state index is 0.0353. The summed E-state index contributed by atoms with van der Waals surface area (Å²) in [4.78, 5) is 41.8. The summed E-state index contributed by atoms with van der Waals surface area (Å²) in [5.41, 5.74) is 13.2. The summed E-state index contributed by atoms with van der Waals surface area (Å²) in [7, 11) is 0. The van der Waals surface area contributed by atoms with E-state index in [9.17, 15) is 14.4 Å². The fraction of sp³-hybridized carbons (Fsp3) is 0.407. The van der Waals surface area contributed by atoms with Crippen molar-refractivity contribution >= 4 is 29.1 Å². The van der Waals surface area contributed by atoms with E-state index in [0.29, 0.717) is 24.0 Å². The molecule has 6 N–H and O–H groups in total. The number of rotatable bonds is 5. The average Bonchev–Trinajstić information content (AvgIpc) is 2.85. The second kappa shape index (κ2) is 12.3. The Balaban J connectivity index is 0.000000526. The standard InChI is InChI=1S/C22H25N5O3.C5H11N/c1-12-8-17(26-22(30)15-4-6-18(21(24)29)19(23)10-15)9-13(2)27(12)20-7-5-16(11-25-20)14(3)28;1-2-4-6-5-3-1/h4-7,10-11,13,17H,1,8-9,23H2,2-3H3,(H2,24,29)(H,26,30);6H,1-5H2. The molecule has 0 aliphatic carbocycles. The van der Waals surface area contributed by atoms with E-state index < -0.39 is 5.91 Å². The third kappa shape index (κ3) is 6.91. The number of anilines is 2. The Morgan fingerprint density at radius 3 is 2.28 bits per heavy atom. The third-order valence-corrected chi connectivity index (χ3v) is 6.41. The minimum Gasteiger partial charge on any atom is -0.398 e. The number of Topliss-reactive ketones (excluding diaryl/α,β-unsaturated/α-hetero) is 1. The summed E-state index contributed by atoms with van der Waals surface area (Å²) in [6, 6.07) is 7.93. The number of hydrogen-bond donors (Lipinski definition) is 4. The maximum atomic E-state index is 12.6. The molecule has 2 aliphatic heterocycles. The molecule has 2 aromatic rings. The van der Waals surface area contributed by atoms with Crippen LogP contribution >= 0.6 is 0 Å². The monoisotopic (exact) mass is 492 g/mol. The van der Waals surface area contributed by atoms with E-state index in [1.165, 1.54) is 57.5 Å². The van der Waals surface area contributed by atoms with Gasteiger partial charge in [0.25, 0.3) is 11.8 Å². The number of ketones is 1. The Labute approximate surface area is 212 Å². The Morgan fingerprint density at radius 2 is 1.81 bits per heavy atom.